The molecule has 0 aromatic heterocycles. The van der Waals surface area contributed by atoms with Crippen molar-refractivity contribution in [3.8, 4) is 0 Å². The summed E-state index contributed by atoms with van der Waals surface area (Å²) in [6.45, 7) is 19.0. The Balaban J connectivity index is 5.61. The predicted octanol–water partition coefficient (Wildman–Crippen LogP) is 3.13. The summed E-state index contributed by atoms with van der Waals surface area (Å²) in [6, 6.07) is -1.54. The molecule has 0 unspecified atom stereocenters. The summed E-state index contributed by atoms with van der Waals surface area (Å²) in [6.07, 6.45) is 1.89. The molecule has 0 spiro atoms. The summed E-state index contributed by atoms with van der Waals surface area (Å²) in [5.41, 5.74) is 5.06. The van der Waals surface area contributed by atoms with E-state index in [-0.39, 0.29) is 47.9 Å². The van der Waals surface area contributed by atoms with E-state index in [1.165, 1.54) is 7.11 Å². The van der Waals surface area contributed by atoms with Crippen LogP contribution in [-0.4, -0.2) is 104 Å². The number of hydrogen-bond acceptors (Lipinski definition) is 6. The van der Waals surface area contributed by atoms with E-state index in [1.54, 1.807) is 16.8 Å². The lowest BCUT2D eigenvalue weighted by atomic mass is 9.89. The largest absolute Gasteiger partial charge is 0.379 e. The van der Waals surface area contributed by atoms with Crippen molar-refractivity contribution in [3.63, 3.8) is 0 Å². The fraction of sp³-hybridized carbons (Fsp3) is 0.871. The Kier molecular flexibility index (Phi) is 16.7. The Bertz CT molecular complexity index is 841. The molecular weight excluding hydrogens is 522 g/mol. The Morgan fingerprint density at radius 2 is 1.44 bits per heavy atom. The number of likely N-dealkylation sites (N-methyl/N-ethyl adjacent to an activating group) is 2. The number of carbonyl (C=O) groups is 4. The third-order valence-electron chi connectivity index (χ3n) is 7.96. The summed E-state index contributed by atoms with van der Waals surface area (Å²) in [5, 5.41) is 3.05. The number of nitrogens with two attached hydrogens (primary N) is 1. The molecule has 0 bridgehead atoms. The third kappa shape index (κ3) is 12.3. The monoisotopic (exact) mass is 583 g/mol. The molecule has 0 aromatic carbocycles. The maximum atomic E-state index is 13.8. The minimum absolute atomic E-state index is 0.00219. The van der Waals surface area contributed by atoms with Crippen LogP contribution >= 0.6 is 0 Å². The zero-order chi connectivity index (χ0) is 32.2. The van der Waals surface area contributed by atoms with Crippen molar-refractivity contribution in [1.82, 2.24) is 20.0 Å². The van der Waals surface area contributed by atoms with Gasteiger partial charge in [0.15, 0.2) is 0 Å². The van der Waals surface area contributed by atoms with Gasteiger partial charge in [-0.1, -0.05) is 68.7 Å². The summed E-state index contributed by atoms with van der Waals surface area (Å²) < 4.78 is 5.62. The van der Waals surface area contributed by atoms with Gasteiger partial charge < -0.3 is 25.6 Å². The Morgan fingerprint density at radius 1 is 0.902 bits per heavy atom. The molecule has 0 saturated heterocycles. The van der Waals surface area contributed by atoms with Crippen LogP contribution in [0.4, 0.5) is 0 Å². The van der Waals surface area contributed by atoms with Gasteiger partial charge >= 0.3 is 0 Å². The minimum Gasteiger partial charge on any atom is -0.379 e. The molecule has 4 amide bonds. The molecule has 10 heteroatoms. The lowest BCUT2D eigenvalue weighted by Gasteiger charge is -2.40. The van der Waals surface area contributed by atoms with E-state index in [2.05, 4.69) is 5.32 Å². The van der Waals surface area contributed by atoms with Crippen LogP contribution in [0.15, 0.2) is 0 Å². The van der Waals surface area contributed by atoms with Crippen molar-refractivity contribution in [2.45, 2.75) is 112 Å². The quantitative estimate of drug-likeness (QED) is 0.239. The first kappa shape index (κ1) is 38.8. The molecular formula is C31H61N5O5. The zero-order valence-corrected chi connectivity index (χ0v) is 28.2. The minimum atomic E-state index is -0.739. The number of nitrogens with zero attached hydrogens (tertiary/aromatic N) is 3. The number of carbonyl (C=O) groups excluding carboxylic acids is 4. The highest BCUT2D eigenvalue weighted by molar-refractivity contribution is 5.90. The second-order valence-corrected chi connectivity index (χ2v) is 13.4. The SMILES string of the molecule is CC[C@H](C)[C@@H]([C@@H](CC(N)=O)OC)N(C)C(=O)[C@@H](NC(=O)[C@H](C(C)C)N(C)CCCCN(C)C(=O)C(C)(C)C)C(C)C. The van der Waals surface area contributed by atoms with E-state index in [0.29, 0.717) is 13.1 Å². The number of unbranched alkanes of at least 4 members (excludes halogenated alkanes) is 1. The topological polar surface area (TPSA) is 125 Å². The number of amides is 4. The van der Waals surface area contributed by atoms with E-state index in [4.69, 9.17) is 10.5 Å². The van der Waals surface area contributed by atoms with Crippen LogP contribution in [0.3, 0.4) is 0 Å². The van der Waals surface area contributed by atoms with Crippen LogP contribution in [0.25, 0.3) is 0 Å². The number of primary amides is 1. The van der Waals surface area contributed by atoms with Gasteiger partial charge in [-0.05, 0) is 44.2 Å². The fourth-order valence-electron chi connectivity index (χ4n) is 5.43. The molecule has 0 radical (unpaired) electrons. The first-order valence-corrected chi connectivity index (χ1v) is 15.2. The first-order chi connectivity index (χ1) is 18.8. The van der Waals surface area contributed by atoms with Crippen molar-refractivity contribution in [3.05, 3.63) is 0 Å². The summed E-state index contributed by atoms with van der Waals surface area (Å²) >= 11 is 0. The first-order valence-electron chi connectivity index (χ1n) is 15.2. The van der Waals surface area contributed by atoms with Crippen LogP contribution in [0.5, 0.6) is 0 Å². The summed E-state index contributed by atoms with van der Waals surface area (Å²) in [7, 11) is 6.99. The van der Waals surface area contributed by atoms with E-state index in [9.17, 15) is 19.2 Å². The molecule has 0 fully saturated rings. The molecule has 10 nitrogen and oxygen atoms in total. The van der Waals surface area contributed by atoms with Crippen molar-refractivity contribution in [2.75, 3.05) is 41.3 Å². The van der Waals surface area contributed by atoms with Crippen LogP contribution in [0, 0.1) is 23.2 Å². The maximum absolute atomic E-state index is 13.8. The zero-order valence-electron chi connectivity index (χ0n) is 28.2. The van der Waals surface area contributed by atoms with E-state index in [0.717, 1.165) is 19.3 Å². The lowest BCUT2D eigenvalue weighted by molar-refractivity contribution is -0.144. The number of nitrogens with one attached hydrogen (secondary N) is 1. The molecule has 240 valence electrons. The van der Waals surface area contributed by atoms with E-state index >= 15 is 0 Å². The van der Waals surface area contributed by atoms with Gasteiger partial charge in [0.05, 0.1) is 24.6 Å². The fourth-order valence-corrected chi connectivity index (χ4v) is 5.43. The Labute approximate surface area is 250 Å². The van der Waals surface area contributed by atoms with Gasteiger partial charge in [0.25, 0.3) is 0 Å². The highest BCUT2D eigenvalue weighted by atomic mass is 16.5. The van der Waals surface area contributed by atoms with Crippen LogP contribution in [0.1, 0.15) is 88.0 Å². The highest BCUT2D eigenvalue weighted by Crippen LogP contribution is 2.23. The molecule has 0 aliphatic rings. The van der Waals surface area contributed by atoms with E-state index in [1.807, 2.05) is 81.3 Å². The predicted molar refractivity (Wildman–Crippen MR) is 165 cm³/mol. The molecule has 0 saturated carbocycles. The molecule has 0 rings (SSSR count). The average Bonchev–Trinajstić information content (AvgIpc) is 2.86. The summed E-state index contributed by atoms with van der Waals surface area (Å²) in [4.78, 5) is 57.1. The third-order valence-corrected chi connectivity index (χ3v) is 7.96. The smallest absolute Gasteiger partial charge is 0.245 e. The van der Waals surface area contributed by atoms with Crippen molar-refractivity contribution in [2.24, 2.45) is 28.9 Å². The van der Waals surface area contributed by atoms with Gasteiger partial charge in [-0.3, -0.25) is 24.1 Å². The second-order valence-electron chi connectivity index (χ2n) is 13.4. The van der Waals surface area contributed by atoms with Crippen molar-refractivity contribution >= 4 is 23.6 Å². The van der Waals surface area contributed by atoms with Gasteiger partial charge in [0.1, 0.15) is 6.04 Å². The normalized spacial score (nSPS) is 15.8. The Hall–Kier alpha value is -2.20. The van der Waals surface area contributed by atoms with Gasteiger partial charge in [-0.15, -0.1) is 0 Å². The number of methoxy groups -OCH3 is 1. The van der Waals surface area contributed by atoms with Gasteiger partial charge in [-0.25, -0.2) is 0 Å². The number of hydrogen-bond donors (Lipinski definition) is 2. The Morgan fingerprint density at radius 3 is 1.85 bits per heavy atom. The molecule has 41 heavy (non-hydrogen) atoms. The van der Waals surface area contributed by atoms with Crippen molar-refractivity contribution < 1.29 is 23.9 Å². The highest BCUT2D eigenvalue weighted by Gasteiger charge is 2.38. The van der Waals surface area contributed by atoms with Crippen molar-refractivity contribution in [1.29, 1.82) is 0 Å². The van der Waals surface area contributed by atoms with Crippen LogP contribution in [-0.2, 0) is 23.9 Å². The second kappa shape index (κ2) is 17.7. The molecule has 5 atom stereocenters. The average molecular weight is 584 g/mol. The number of rotatable bonds is 18. The van der Waals surface area contributed by atoms with Crippen LogP contribution in [0.2, 0.25) is 0 Å². The molecule has 0 aromatic rings. The number of ether oxygens (including phenoxy) is 1. The van der Waals surface area contributed by atoms with Gasteiger partial charge in [-0.2, -0.15) is 0 Å². The maximum Gasteiger partial charge on any atom is 0.245 e. The molecule has 0 heterocycles. The van der Waals surface area contributed by atoms with E-state index < -0.39 is 29.5 Å². The molecule has 0 aliphatic carbocycles. The standard InChI is InChI=1S/C31H61N5O5/c1-14-22(6)27(23(41-13)19-24(32)37)36(12)29(39)25(20(2)3)33-28(38)26(21(4)5)34(10)17-15-16-18-35(11)30(40)31(7,8)9/h20-23,25-27H,14-19H2,1-13H3,(H2,32,37)(H,33,38)/t22-,23+,25-,26-,27-/m0/s1. The lowest BCUT2D eigenvalue weighted by Crippen LogP contribution is -2.59. The van der Waals surface area contributed by atoms with Gasteiger partial charge in [0, 0.05) is 33.2 Å². The van der Waals surface area contributed by atoms with Gasteiger partial charge in [0.2, 0.25) is 23.6 Å². The molecule has 0 aliphatic heterocycles. The van der Waals surface area contributed by atoms with Crippen LogP contribution < -0.4 is 11.1 Å². The molecule has 3 N–H and O–H groups in total. The summed E-state index contributed by atoms with van der Waals surface area (Å²) in [5.74, 6) is -0.879.